The maximum absolute atomic E-state index is 12.2. The summed E-state index contributed by atoms with van der Waals surface area (Å²) in [5, 5.41) is 5.48. The number of nitrogens with two attached hydrogens (primary N) is 1. The van der Waals surface area contributed by atoms with Crippen molar-refractivity contribution in [2.45, 2.75) is 25.8 Å². The fourth-order valence-electron chi connectivity index (χ4n) is 3.59. The van der Waals surface area contributed by atoms with E-state index in [0.717, 1.165) is 25.9 Å². The molecule has 0 bridgehead atoms. The van der Waals surface area contributed by atoms with Gasteiger partial charge in [0.1, 0.15) is 0 Å². The van der Waals surface area contributed by atoms with Crippen molar-refractivity contribution in [1.29, 1.82) is 0 Å². The minimum atomic E-state index is 0. The van der Waals surface area contributed by atoms with Gasteiger partial charge in [0.05, 0.1) is 5.92 Å². The molecule has 3 N–H and O–H groups in total. The lowest BCUT2D eigenvalue weighted by Gasteiger charge is -2.36. The molecule has 136 valence electrons. The molecule has 1 aliphatic heterocycles. The molecule has 1 aliphatic rings. The summed E-state index contributed by atoms with van der Waals surface area (Å²) in [5.41, 5.74) is 6.79. The monoisotopic (exact) mass is 361 g/mol. The first kappa shape index (κ1) is 19.7. The minimum absolute atomic E-state index is 0. The van der Waals surface area contributed by atoms with Crippen LogP contribution in [0.3, 0.4) is 0 Å². The van der Waals surface area contributed by atoms with Gasteiger partial charge in [-0.05, 0) is 48.7 Å². The highest BCUT2D eigenvalue weighted by atomic mass is 35.5. The number of nitrogens with zero attached hydrogens (tertiary/aromatic N) is 1. The first-order valence-electron chi connectivity index (χ1n) is 8.89. The number of halogens is 1. The lowest BCUT2D eigenvalue weighted by molar-refractivity contribution is -0.126. The van der Waals surface area contributed by atoms with E-state index in [1.807, 2.05) is 0 Å². The molecule has 0 aromatic heterocycles. The van der Waals surface area contributed by atoms with Crippen molar-refractivity contribution in [3.8, 4) is 0 Å². The molecule has 0 radical (unpaired) electrons. The molecule has 5 heteroatoms. The topological polar surface area (TPSA) is 58.4 Å². The number of nitrogens with one attached hydrogen (secondary N) is 1. The number of piperidine rings is 1. The molecular formula is C20H28ClN3O. The fraction of sp³-hybridized carbons (Fsp3) is 0.450. The van der Waals surface area contributed by atoms with E-state index in [1.165, 1.54) is 16.3 Å². The molecule has 1 saturated heterocycles. The number of rotatable bonds is 5. The minimum Gasteiger partial charge on any atom is -0.355 e. The Morgan fingerprint density at radius 2 is 2.04 bits per heavy atom. The predicted molar refractivity (Wildman–Crippen MR) is 106 cm³/mol. The summed E-state index contributed by atoms with van der Waals surface area (Å²) in [4.78, 5) is 14.7. The van der Waals surface area contributed by atoms with E-state index in [9.17, 15) is 4.79 Å². The molecule has 1 fully saturated rings. The first-order valence-corrected chi connectivity index (χ1v) is 8.89. The summed E-state index contributed by atoms with van der Waals surface area (Å²) in [5.74, 6) is 0.226. The standard InChI is InChI=1S/C20H27N3O.ClH/c1-15(17-9-8-16-5-2-3-6-18(16)13-17)23-12-4-7-19(14-23)20(24)22-11-10-21;/h2-3,5-6,8-9,13,15,19H,4,7,10-12,14,21H2,1H3,(H,22,24);1H. The molecule has 2 unspecified atom stereocenters. The molecule has 0 spiro atoms. The van der Waals surface area contributed by atoms with E-state index in [4.69, 9.17) is 5.73 Å². The number of carbonyl (C=O) groups is 1. The number of benzene rings is 2. The number of hydrogen-bond acceptors (Lipinski definition) is 3. The van der Waals surface area contributed by atoms with Crippen LogP contribution in [0.1, 0.15) is 31.4 Å². The molecule has 1 heterocycles. The highest BCUT2D eigenvalue weighted by molar-refractivity contribution is 5.85. The summed E-state index contributed by atoms with van der Waals surface area (Å²) < 4.78 is 0. The lowest BCUT2D eigenvalue weighted by atomic mass is 9.94. The third-order valence-corrected chi connectivity index (χ3v) is 5.07. The molecule has 3 rings (SSSR count). The van der Waals surface area contributed by atoms with Gasteiger partial charge in [0, 0.05) is 25.7 Å². The SMILES string of the molecule is CC(c1ccc2ccccc2c1)N1CCCC(C(=O)NCCN)C1.Cl. The number of fused-ring (bicyclic) bond motifs is 1. The van der Waals surface area contributed by atoms with Crippen molar-refractivity contribution in [1.82, 2.24) is 10.2 Å². The Labute approximate surface area is 156 Å². The van der Waals surface area contributed by atoms with Crippen LogP contribution in [0.25, 0.3) is 10.8 Å². The predicted octanol–water partition coefficient (Wildman–Crippen LogP) is 3.11. The van der Waals surface area contributed by atoms with E-state index in [0.29, 0.717) is 19.1 Å². The van der Waals surface area contributed by atoms with Crippen molar-refractivity contribution in [2.75, 3.05) is 26.2 Å². The average molecular weight is 362 g/mol. The van der Waals surface area contributed by atoms with Crippen LogP contribution in [0.15, 0.2) is 42.5 Å². The van der Waals surface area contributed by atoms with Crippen LogP contribution in [0.5, 0.6) is 0 Å². The fourth-order valence-corrected chi connectivity index (χ4v) is 3.59. The van der Waals surface area contributed by atoms with Crippen LogP contribution in [0.4, 0.5) is 0 Å². The summed E-state index contributed by atoms with van der Waals surface area (Å²) in [6.45, 7) is 5.18. The third kappa shape index (κ3) is 4.72. The van der Waals surface area contributed by atoms with Gasteiger partial charge in [0.15, 0.2) is 0 Å². The Hall–Kier alpha value is -1.62. The largest absolute Gasteiger partial charge is 0.355 e. The second kappa shape index (κ2) is 9.18. The van der Waals surface area contributed by atoms with Gasteiger partial charge in [-0.25, -0.2) is 0 Å². The molecule has 0 aliphatic carbocycles. The van der Waals surface area contributed by atoms with Gasteiger partial charge in [-0.15, -0.1) is 12.4 Å². The third-order valence-electron chi connectivity index (χ3n) is 5.07. The van der Waals surface area contributed by atoms with Gasteiger partial charge in [0.2, 0.25) is 5.91 Å². The van der Waals surface area contributed by atoms with Crippen molar-refractivity contribution in [3.05, 3.63) is 48.0 Å². The second-order valence-electron chi connectivity index (χ2n) is 6.70. The molecule has 25 heavy (non-hydrogen) atoms. The Bertz CT molecular complexity index is 706. The zero-order valence-corrected chi connectivity index (χ0v) is 15.6. The summed E-state index contributed by atoms with van der Waals surface area (Å²) in [6, 6.07) is 15.4. The van der Waals surface area contributed by atoms with Gasteiger partial charge < -0.3 is 11.1 Å². The first-order chi connectivity index (χ1) is 11.7. The van der Waals surface area contributed by atoms with Gasteiger partial charge in [-0.2, -0.15) is 0 Å². The maximum Gasteiger partial charge on any atom is 0.224 e. The Morgan fingerprint density at radius 3 is 2.80 bits per heavy atom. The van der Waals surface area contributed by atoms with E-state index in [-0.39, 0.29) is 24.2 Å². The zero-order valence-electron chi connectivity index (χ0n) is 14.8. The maximum atomic E-state index is 12.2. The van der Waals surface area contributed by atoms with Crippen LogP contribution in [-0.4, -0.2) is 37.0 Å². The number of carbonyl (C=O) groups excluding carboxylic acids is 1. The Kier molecular flexibility index (Phi) is 7.24. The van der Waals surface area contributed by atoms with E-state index < -0.39 is 0 Å². The molecule has 1 amide bonds. The molecular weight excluding hydrogens is 334 g/mol. The number of amides is 1. The number of likely N-dealkylation sites (tertiary alicyclic amines) is 1. The van der Waals surface area contributed by atoms with Gasteiger partial charge in [-0.1, -0.05) is 36.4 Å². The summed E-state index contributed by atoms with van der Waals surface area (Å²) in [6.07, 6.45) is 2.04. The highest BCUT2D eigenvalue weighted by Crippen LogP contribution is 2.28. The number of hydrogen-bond donors (Lipinski definition) is 2. The van der Waals surface area contributed by atoms with Crippen molar-refractivity contribution < 1.29 is 4.79 Å². The van der Waals surface area contributed by atoms with E-state index in [2.05, 4.69) is 59.6 Å². The Balaban J connectivity index is 0.00000225. The molecule has 2 atom stereocenters. The van der Waals surface area contributed by atoms with Gasteiger partial charge >= 0.3 is 0 Å². The normalized spacial score (nSPS) is 19.2. The van der Waals surface area contributed by atoms with Crippen LogP contribution >= 0.6 is 12.4 Å². The van der Waals surface area contributed by atoms with E-state index in [1.54, 1.807) is 0 Å². The summed E-state index contributed by atoms with van der Waals surface area (Å²) >= 11 is 0. The van der Waals surface area contributed by atoms with Crippen molar-refractivity contribution in [2.24, 2.45) is 11.7 Å². The average Bonchev–Trinajstić information content (AvgIpc) is 2.65. The molecule has 2 aromatic carbocycles. The molecule has 0 saturated carbocycles. The van der Waals surface area contributed by atoms with Crippen LogP contribution in [0.2, 0.25) is 0 Å². The van der Waals surface area contributed by atoms with Gasteiger partial charge in [0.25, 0.3) is 0 Å². The smallest absolute Gasteiger partial charge is 0.224 e. The zero-order chi connectivity index (χ0) is 16.9. The van der Waals surface area contributed by atoms with Gasteiger partial charge in [-0.3, -0.25) is 9.69 Å². The lowest BCUT2D eigenvalue weighted by Crippen LogP contribution is -2.44. The van der Waals surface area contributed by atoms with Crippen molar-refractivity contribution >= 4 is 29.1 Å². The Morgan fingerprint density at radius 1 is 1.28 bits per heavy atom. The van der Waals surface area contributed by atoms with Crippen LogP contribution < -0.4 is 11.1 Å². The second-order valence-corrected chi connectivity index (χ2v) is 6.70. The van der Waals surface area contributed by atoms with Crippen LogP contribution in [-0.2, 0) is 4.79 Å². The van der Waals surface area contributed by atoms with Crippen molar-refractivity contribution in [3.63, 3.8) is 0 Å². The van der Waals surface area contributed by atoms with E-state index >= 15 is 0 Å². The summed E-state index contributed by atoms with van der Waals surface area (Å²) in [7, 11) is 0. The quantitative estimate of drug-likeness (QED) is 0.860. The highest BCUT2D eigenvalue weighted by Gasteiger charge is 2.28. The molecule has 2 aromatic rings. The molecule has 4 nitrogen and oxygen atoms in total. The van der Waals surface area contributed by atoms with Crippen LogP contribution in [0, 0.1) is 5.92 Å².